The minimum atomic E-state index is 0.948. The Hall–Kier alpha value is -1.56. The van der Waals surface area contributed by atoms with Crippen molar-refractivity contribution >= 4 is 0 Å². The summed E-state index contributed by atoms with van der Waals surface area (Å²) < 4.78 is 0. The molecule has 1 fully saturated rings. The van der Waals surface area contributed by atoms with Gasteiger partial charge in [0.25, 0.3) is 0 Å². The van der Waals surface area contributed by atoms with Crippen LogP contribution in [0, 0.1) is 12.3 Å². The van der Waals surface area contributed by atoms with Gasteiger partial charge in [-0.2, -0.15) is 0 Å². The second-order valence-corrected chi connectivity index (χ2v) is 9.11. The molecule has 0 heteroatoms. The van der Waals surface area contributed by atoms with Crippen LogP contribution in [-0.2, 0) is 12.8 Å². The van der Waals surface area contributed by atoms with Crippen LogP contribution >= 0.6 is 0 Å². The molecule has 0 amide bonds. The summed E-state index contributed by atoms with van der Waals surface area (Å²) in [7, 11) is 0. The van der Waals surface area contributed by atoms with Crippen molar-refractivity contribution in [1.29, 1.82) is 0 Å². The smallest absolute Gasteiger partial charge is 0.0184 e. The Morgan fingerprint density at radius 2 is 1.14 bits per heavy atom. The molecule has 0 aliphatic heterocycles. The summed E-state index contributed by atoms with van der Waals surface area (Å²) in [6.45, 7) is 2.29. The summed E-state index contributed by atoms with van der Waals surface area (Å²) in [6, 6.07) is 18.6. The third kappa shape index (κ3) is 8.00. The summed E-state index contributed by atoms with van der Waals surface area (Å²) in [5.74, 6) is 0.948. The lowest BCUT2D eigenvalue weighted by Gasteiger charge is -2.21. The second-order valence-electron chi connectivity index (χ2n) is 9.11. The highest BCUT2D eigenvalue weighted by molar-refractivity contribution is 5.63. The minimum Gasteiger partial charge on any atom is -0.0654 e. The van der Waals surface area contributed by atoms with Gasteiger partial charge in [-0.05, 0) is 73.1 Å². The molecule has 1 saturated carbocycles. The Bertz CT molecular complexity index is 658. The van der Waals surface area contributed by atoms with Crippen molar-refractivity contribution in [3.05, 3.63) is 66.1 Å². The third-order valence-electron chi connectivity index (χ3n) is 6.71. The van der Waals surface area contributed by atoms with Gasteiger partial charge in [0.15, 0.2) is 0 Å². The molecular weight excluding hydrogens is 348 g/mol. The maximum Gasteiger partial charge on any atom is -0.0184 e. The Balaban J connectivity index is 1.39. The first-order valence-corrected chi connectivity index (χ1v) is 12.3. The molecule has 157 valence electrons. The van der Waals surface area contributed by atoms with E-state index in [0.29, 0.717) is 0 Å². The van der Waals surface area contributed by atoms with E-state index in [1.165, 1.54) is 112 Å². The number of aryl methyl sites for hydroxylation is 2. The zero-order valence-electron chi connectivity index (χ0n) is 18.7. The van der Waals surface area contributed by atoms with Crippen molar-refractivity contribution in [3.8, 4) is 11.1 Å². The van der Waals surface area contributed by atoms with Crippen molar-refractivity contribution in [2.75, 3.05) is 0 Å². The first kappa shape index (κ1) is 22.1. The molecule has 0 N–H and O–H groups in total. The number of benzene rings is 2. The van der Waals surface area contributed by atoms with E-state index in [-0.39, 0.29) is 0 Å². The molecule has 0 unspecified atom stereocenters. The molecule has 2 aromatic carbocycles. The van der Waals surface area contributed by atoms with E-state index in [9.17, 15) is 0 Å². The topological polar surface area (TPSA) is 0 Å². The van der Waals surface area contributed by atoms with Crippen molar-refractivity contribution in [2.24, 2.45) is 5.92 Å². The SMILES string of the molecule is CCCCCCCCCc1ccc(-c2ccc(CCC3CC[CH]CC3)cc2)cc1. The molecule has 0 bridgehead atoms. The van der Waals surface area contributed by atoms with Gasteiger partial charge >= 0.3 is 0 Å². The second kappa shape index (κ2) is 12.9. The van der Waals surface area contributed by atoms with Crippen LogP contribution in [0.15, 0.2) is 48.5 Å². The molecule has 29 heavy (non-hydrogen) atoms. The van der Waals surface area contributed by atoms with Crippen LogP contribution < -0.4 is 0 Å². The van der Waals surface area contributed by atoms with Gasteiger partial charge in [-0.15, -0.1) is 0 Å². The van der Waals surface area contributed by atoms with Crippen LogP contribution in [0.3, 0.4) is 0 Å². The number of unbranched alkanes of at least 4 members (excludes halogenated alkanes) is 6. The van der Waals surface area contributed by atoms with E-state index in [1.807, 2.05) is 0 Å². The highest BCUT2D eigenvalue weighted by Gasteiger charge is 2.13. The lowest BCUT2D eigenvalue weighted by molar-refractivity contribution is 0.381. The highest BCUT2D eigenvalue weighted by Crippen LogP contribution is 2.27. The standard InChI is InChI=1S/C29H41/c1-2-3-4-5-6-7-9-14-26-17-21-28(22-18-26)29-23-19-27(20-24-29)16-15-25-12-10-8-11-13-25/h8,17-25H,2-7,9-16H2,1H3. The molecule has 1 aliphatic carbocycles. The molecule has 0 heterocycles. The van der Waals surface area contributed by atoms with Gasteiger partial charge in [0.05, 0.1) is 0 Å². The zero-order chi connectivity index (χ0) is 20.2. The van der Waals surface area contributed by atoms with Crippen LogP contribution in [0.4, 0.5) is 0 Å². The quantitative estimate of drug-likeness (QED) is 0.318. The summed E-state index contributed by atoms with van der Waals surface area (Å²) in [6.07, 6.45) is 21.5. The van der Waals surface area contributed by atoms with Gasteiger partial charge in [-0.3, -0.25) is 0 Å². The predicted molar refractivity (Wildman–Crippen MR) is 128 cm³/mol. The van der Waals surface area contributed by atoms with Crippen LogP contribution in [0.2, 0.25) is 0 Å². The molecule has 1 radical (unpaired) electrons. The van der Waals surface area contributed by atoms with Gasteiger partial charge in [-0.25, -0.2) is 0 Å². The molecule has 2 aromatic rings. The lowest BCUT2D eigenvalue weighted by Crippen LogP contribution is -2.07. The van der Waals surface area contributed by atoms with Gasteiger partial charge in [0, 0.05) is 0 Å². The van der Waals surface area contributed by atoms with Crippen LogP contribution in [0.25, 0.3) is 11.1 Å². The van der Waals surface area contributed by atoms with Gasteiger partial charge in [0.2, 0.25) is 0 Å². The average molecular weight is 390 g/mol. The molecule has 0 aromatic heterocycles. The number of rotatable bonds is 12. The number of hydrogen-bond donors (Lipinski definition) is 0. The predicted octanol–water partition coefficient (Wildman–Crippen LogP) is 8.97. The highest BCUT2D eigenvalue weighted by atomic mass is 14.2. The summed E-state index contributed by atoms with van der Waals surface area (Å²) >= 11 is 0. The average Bonchev–Trinajstić information content (AvgIpc) is 2.79. The fourth-order valence-electron chi connectivity index (χ4n) is 4.67. The largest absolute Gasteiger partial charge is 0.0654 e. The van der Waals surface area contributed by atoms with Crippen molar-refractivity contribution in [3.63, 3.8) is 0 Å². The summed E-state index contributed by atoms with van der Waals surface area (Å²) in [5.41, 5.74) is 5.69. The van der Waals surface area contributed by atoms with Crippen molar-refractivity contribution in [2.45, 2.75) is 96.8 Å². The van der Waals surface area contributed by atoms with E-state index in [2.05, 4.69) is 61.9 Å². The first-order chi connectivity index (χ1) is 14.3. The Labute approximate surface area is 180 Å². The monoisotopic (exact) mass is 389 g/mol. The van der Waals surface area contributed by atoms with Gasteiger partial charge < -0.3 is 0 Å². The third-order valence-corrected chi connectivity index (χ3v) is 6.71. The molecule has 3 rings (SSSR count). The van der Waals surface area contributed by atoms with E-state index in [1.54, 1.807) is 0 Å². The maximum atomic E-state index is 2.46. The molecular formula is C29H41. The Morgan fingerprint density at radius 1 is 0.621 bits per heavy atom. The van der Waals surface area contributed by atoms with Crippen molar-refractivity contribution in [1.82, 2.24) is 0 Å². The Morgan fingerprint density at radius 3 is 1.72 bits per heavy atom. The fourth-order valence-corrected chi connectivity index (χ4v) is 4.67. The van der Waals surface area contributed by atoms with Crippen LogP contribution in [0.1, 0.15) is 95.1 Å². The summed E-state index contributed by atoms with van der Waals surface area (Å²) in [5, 5.41) is 0. The molecule has 1 aliphatic rings. The number of hydrogen-bond acceptors (Lipinski definition) is 0. The fraction of sp³-hybridized carbons (Fsp3) is 0.552. The molecule has 0 atom stereocenters. The molecule has 0 saturated heterocycles. The van der Waals surface area contributed by atoms with Crippen LogP contribution in [0.5, 0.6) is 0 Å². The Kier molecular flexibility index (Phi) is 9.83. The molecule has 0 nitrogen and oxygen atoms in total. The summed E-state index contributed by atoms with van der Waals surface area (Å²) in [4.78, 5) is 0. The van der Waals surface area contributed by atoms with Crippen molar-refractivity contribution < 1.29 is 0 Å². The maximum absolute atomic E-state index is 2.46. The van der Waals surface area contributed by atoms with E-state index < -0.39 is 0 Å². The lowest BCUT2D eigenvalue weighted by atomic mass is 9.85. The van der Waals surface area contributed by atoms with E-state index >= 15 is 0 Å². The van der Waals surface area contributed by atoms with Gasteiger partial charge in [-0.1, -0.05) is 107 Å². The van der Waals surface area contributed by atoms with Gasteiger partial charge in [0.1, 0.15) is 0 Å². The van der Waals surface area contributed by atoms with Crippen LogP contribution in [-0.4, -0.2) is 0 Å². The first-order valence-electron chi connectivity index (χ1n) is 12.3. The zero-order valence-corrected chi connectivity index (χ0v) is 18.7. The van der Waals surface area contributed by atoms with E-state index in [0.717, 1.165) is 5.92 Å². The van der Waals surface area contributed by atoms with E-state index in [4.69, 9.17) is 0 Å². The normalized spacial score (nSPS) is 14.9. The minimum absolute atomic E-state index is 0.948. The molecule has 0 spiro atoms.